The van der Waals surface area contributed by atoms with E-state index in [1.54, 1.807) is 24.3 Å². The van der Waals surface area contributed by atoms with Crippen LogP contribution in [-0.2, 0) is 9.59 Å². The molecule has 2 aromatic carbocycles. The van der Waals surface area contributed by atoms with Crippen LogP contribution in [0.1, 0.15) is 34.3 Å². The summed E-state index contributed by atoms with van der Waals surface area (Å²) in [6.07, 6.45) is -0.0129. The van der Waals surface area contributed by atoms with Crippen molar-refractivity contribution < 1.29 is 14.4 Å². The molecule has 136 valence electrons. The highest BCUT2D eigenvalue weighted by atomic mass is 79.9. The normalized spacial score (nSPS) is 10.1. The summed E-state index contributed by atoms with van der Waals surface area (Å²) in [5, 5.41) is 2.75. The molecule has 0 unspecified atom stereocenters. The molecule has 3 amide bonds. The van der Waals surface area contributed by atoms with E-state index in [0.717, 1.165) is 15.6 Å². The Bertz CT molecular complexity index is 837. The van der Waals surface area contributed by atoms with Crippen molar-refractivity contribution in [3.8, 4) is 0 Å². The van der Waals surface area contributed by atoms with Gasteiger partial charge in [0.05, 0.1) is 0 Å². The Morgan fingerprint density at radius 1 is 0.885 bits per heavy atom. The Labute approximate surface area is 160 Å². The molecule has 0 atom stereocenters. The number of carbonyl (C=O) groups excluding carboxylic acids is 3. The van der Waals surface area contributed by atoms with Crippen LogP contribution in [0.3, 0.4) is 0 Å². The highest BCUT2D eigenvalue weighted by Crippen LogP contribution is 2.14. The number of aryl methyl sites for hydroxylation is 2. The molecule has 0 spiro atoms. The standard InChI is InChI=1S/C19H20BrN3O3/c1-12-6-7-16(10-13(12)2)21-17(24)8-9-18(25)22-23-19(26)14-4-3-5-15(20)11-14/h3-7,10-11H,8-9H2,1-2H3,(H,21,24)(H,22,25)(H,23,26). The van der Waals surface area contributed by atoms with Gasteiger partial charge in [0, 0.05) is 28.6 Å². The molecule has 0 aliphatic heterocycles. The van der Waals surface area contributed by atoms with Crippen LogP contribution in [0.4, 0.5) is 5.69 Å². The molecular formula is C19H20BrN3O3. The number of nitrogens with one attached hydrogen (secondary N) is 3. The van der Waals surface area contributed by atoms with Crippen LogP contribution >= 0.6 is 15.9 Å². The summed E-state index contributed by atoms with van der Waals surface area (Å²) in [5.41, 5.74) is 7.95. The van der Waals surface area contributed by atoms with Gasteiger partial charge in [-0.15, -0.1) is 0 Å². The first-order valence-electron chi connectivity index (χ1n) is 8.07. The van der Waals surface area contributed by atoms with E-state index < -0.39 is 11.8 Å². The van der Waals surface area contributed by atoms with Gasteiger partial charge in [-0.25, -0.2) is 0 Å². The number of benzene rings is 2. The summed E-state index contributed by atoms with van der Waals surface area (Å²) in [7, 11) is 0. The lowest BCUT2D eigenvalue weighted by Gasteiger charge is -2.09. The van der Waals surface area contributed by atoms with Gasteiger partial charge in [-0.1, -0.05) is 28.1 Å². The quantitative estimate of drug-likeness (QED) is 0.652. The monoisotopic (exact) mass is 417 g/mol. The maximum atomic E-state index is 11.9. The summed E-state index contributed by atoms with van der Waals surface area (Å²) in [6, 6.07) is 12.4. The highest BCUT2D eigenvalue weighted by molar-refractivity contribution is 9.10. The zero-order chi connectivity index (χ0) is 19.1. The number of hydrazine groups is 1. The zero-order valence-electron chi connectivity index (χ0n) is 14.6. The van der Waals surface area contributed by atoms with Crippen molar-refractivity contribution in [2.24, 2.45) is 0 Å². The third kappa shape index (κ3) is 6.00. The fraction of sp³-hybridized carbons (Fsp3) is 0.211. The molecule has 0 aliphatic rings. The molecule has 2 aromatic rings. The average molecular weight is 418 g/mol. The third-order valence-corrected chi connectivity index (χ3v) is 4.27. The Balaban J connectivity index is 1.74. The van der Waals surface area contributed by atoms with Crippen molar-refractivity contribution in [3.63, 3.8) is 0 Å². The Morgan fingerprint density at radius 2 is 1.62 bits per heavy atom. The van der Waals surface area contributed by atoms with Gasteiger partial charge >= 0.3 is 0 Å². The molecule has 26 heavy (non-hydrogen) atoms. The van der Waals surface area contributed by atoms with Crippen LogP contribution in [0.25, 0.3) is 0 Å². The first-order valence-corrected chi connectivity index (χ1v) is 8.86. The van der Waals surface area contributed by atoms with Gasteiger partial charge < -0.3 is 5.32 Å². The minimum Gasteiger partial charge on any atom is -0.326 e. The summed E-state index contributed by atoms with van der Waals surface area (Å²) < 4.78 is 0.763. The van der Waals surface area contributed by atoms with Gasteiger partial charge in [0.25, 0.3) is 5.91 Å². The molecule has 3 N–H and O–H groups in total. The van der Waals surface area contributed by atoms with Crippen LogP contribution in [0.5, 0.6) is 0 Å². The van der Waals surface area contributed by atoms with Gasteiger partial charge in [-0.3, -0.25) is 25.2 Å². The lowest BCUT2D eigenvalue weighted by atomic mass is 10.1. The van der Waals surface area contributed by atoms with Crippen LogP contribution in [0, 0.1) is 13.8 Å². The molecule has 0 saturated carbocycles. The van der Waals surface area contributed by atoms with Crippen LogP contribution in [0.2, 0.25) is 0 Å². The van der Waals surface area contributed by atoms with E-state index in [4.69, 9.17) is 0 Å². The second-order valence-corrected chi connectivity index (χ2v) is 6.78. The molecule has 6 nitrogen and oxygen atoms in total. The number of hydrogen-bond donors (Lipinski definition) is 3. The van der Waals surface area contributed by atoms with Crippen molar-refractivity contribution in [1.29, 1.82) is 0 Å². The van der Waals surface area contributed by atoms with Crippen LogP contribution < -0.4 is 16.2 Å². The summed E-state index contributed by atoms with van der Waals surface area (Å²) in [6.45, 7) is 3.96. The molecular weight excluding hydrogens is 398 g/mol. The zero-order valence-corrected chi connectivity index (χ0v) is 16.1. The fourth-order valence-corrected chi connectivity index (χ4v) is 2.56. The maximum absolute atomic E-state index is 11.9. The van der Waals surface area contributed by atoms with E-state index in [-0.39, 0.29) is 18.7 Å². The van der Waals surface area contributed by atoms with Crippen molar-refractivity contribution in [3.05, 3.63) is 63.6 Å². The van der Waals surface area contributed by atoms with E-state index in [2.05, 4.69) is 32.1 Å². The fourth-order valence-electron chi connectivity index (χ4n) is 2.16. The highest BCUT2D eigenvalue weighted by Gasteiger charge is 2.10. The first-order chi connectivity index (χ1) is 12.3. The second-order valence-electron chi connectivity index (χ2n) is 5.86. The number of rotatable bonds is 5. The first kappa shape index (κ1) is 19.7. The van der Waals surface area contributed by atoms with Gasteiger partial charge in [-0.05, 0) is 55.3 Å². The number of carbonyl (C=O) groups is 3. The SMILES string of the molecule is Cc1ccc(NC(=O)CCC(=O)NNC(=O)c2cccc(Br)c2)cc1C. The Kier molecular flexibility index (Phi) is 6.91. The average Bonchev–Trinajstić information content (AvgIpc) is 2.61. The minimum absolute atomic E-state index is 0.0194. The molecule has 7 heteroatoms. The predicted octanol–water partition coefficient (Wildman–Crippen LogP) is 3.25. The third-order valence-electron chi connectivity index (χ3n) is 3.77. The van der Waals surface area contributed by atoms with Crippen molar-refractivity contribution in [2.75, 3.05) is 5.32 Å². The van der Waals surface area contributed by atoms with Crippen molar-refractivity contribution in [2.45, 2.75) is 26.7 Å². The van der Waals surface area contributed by atoms with E-state index in [1.165, 1.54) is 0 Å². The molecule has 0 saturated heterocycles. The lowest BCUT2D eigenvalue weighted by Crippen LogP contribution is -2.41. The molecule has 0 bridgehead atoms. The smallest absolute Gasteiger partial charge is 0.269 e. The molecule has 0 fully saturated rings. The van der Waals surface area contributed by atoms with Crippen molar-refractivity contribution in [1.82, 2.24) is 10.9 Å². The number of amides is 3. The Hall–Kier alpha value is -2.67. The molecule has 2 rings (SSSR count). The number of hydrogen-bond acceptors (Lipinski definition) is 3. The largest absolute Gasteiger partial charge is 0.326 e. The topological polar surface area (TPSA) is 87.3 Å². The maximum Gasteiger partial charge on any atom is 0.269 e. The Morgan fingerprint density at radius 3 is 2.31 bits per heavy atom. The van der Waals surface area contributed by atoms with Gasteiger partial charge in [0.15, 0.2) is 0 Å². The van der Waals surface area contributed by atoms with Gasteiger partial charge in [0.2, 0.25) is 11.8 Å². The van der Waals surface area contributed by atoms with Crippen LogP contribution in [0.15, 0.2) is 46.9 Å². The number of halogens is 1. The summed E-state index contributed by atoms with van der Waals surface area (Å²) in [4.78, 5) is 35.6. The summed E-state index contributed by atoms with van der Waals surface area (Å²) >= 11 is 3.27. The van der Waals surface area contributed by atoms with E-state index in [9.17, 15) is 14.4 Å². The van der Waals surface area contributed by atoms with Gasteiger partial charge in [0.1, 0.15) is 0 Å². The van der Waals surface area contributed by atoms with Crippen molar-refractivity contribution >= 4 is 39.3 Å². The van der Waals surface area contributed by atoms with Crippen LogP contribution in [-0.4, -0.2) is 17.7 Å². The van der Waals surface area contributed by atoms with E-state index >= 15 is 0 Å². The molecule has 0 aliphatic carbocycles. The summed E-state index contributed by atoms with van der Waals surface area (Å²) in [5.74, 6) is -1.13. The molecule has 0 heterocycles. The van der Waals surface area contributed by atoms with E-state index in [0.29, 0.717) is 11.3 Å². The predicted molar refractivity (Wildman–Crippen MR) is 104 cm³/mol. The molecule has 0 radical (unpaired) electrons. The van der Waals surface area contributed by atoms with E-state index in [1.807, 2.05) is 32.0 Å². The second kappa shape index (κ2) is 9.15. The molecule has 0 aromatic heterocycles. The minimum atomic E-state index is -0.441. The number of anilines is 1. The lowest BCUT2D eigenvalue weighted by molar-refractivity contribution is -0.124. The van der Waals surface area contributed by atoms with Gasteiger partial charge in [-0.2, -0.15) is 0 Å².